The first-order valence-corrected chi connectivity index (χ1v) is 8.83. The highest BCUT2D eigenvalue weighted by Gasteiger charge is 2.42. The Bertz CT molecular complexity index is 347. The van der Waals surface area contributed by atoms with Gasteiger partial charge in [0.1, 0.15) is 0 Å². The zero-order valence-corrected chi connectivity index (χ0v) is 14.5. The number of nitrogens with zero attached hydrogens (tertiary/aromatic N) is 1. The molecule has 2 fully saturated rings. The first kappa shape index (κ1) is 16.8. The zero-order valence-electron chi connectivity index (χ0n) is 14.5. The van der Waals surface area contributed by atoms with E-state index in [1.165, 1.54) is 0 Å². The number of ether oxygens (including phenoxy) is 1. The van der Waals surface area contributed by atoms with E-state index in [4.69, 9.17) is 4.74 Å². The Morgan fingerprint density at radius 3 is 2.38 bits per heavy atom. The van der Waals surface area contributed by atoms with Crippen LogP contribution in [-0.2, 0) is 9.53 Å². The van der Waals surface area contributed by atoms with Crippen molar-refractivity contribution in [2.24, 2.45) is 23.7 Å². The standard InChI is InChI=1S/C18H33NO2/c1-12(2)16-9-8-14(5)19(16)18(20)17(13(3)4)15-7-6-10-21-11-15/h12-17H,6-11H2,1-5H3/t14?,15?,16-,17?/m0/s1. The third-order valence-corrected chi connectivity index (χ3v) is 5.44. The van der Waals surface area contributed by atoms with Gasteiger partial charge in [0.25, 0.3) is 0 Å². The molecule has 4 atom stereocenters. The Balaban J connectivity index is 2.16. The Morgan fingerprint density at radius 2 is 1.86 bits per heavy atom. The van der Waals surface area contributed by atoms with Crippen LogP contribution in [-0.4, -0.2) is 36.1 Å². The van der Waals surface area contributed by atoms with Crippen molar-refractivity contribution in [2.75, 3.05) is 13.2 Å². The lowest BCUT2D eigenvalue weighted by Gasteiger charge is -2.39. The fourth-order valence-electron chi connectivity index (χ4n) is 4.30. The summed E-state index contributed by atoms with van der Waals surface area (Å²) in [5.74, 6) is 1.88. The van der Waals surface area contributed by atoms with Gasteiger partial charge in [0.15, 0.2) is 0 Å². The summed E-state index contributed by atoms with van der Waals surface area (Å²) in [6.45, 7) is 12.7. The summed E-state index contributed by atoms with van der Waals surface area (Å²) in [5, 5.41) is 0. The smallest absolute Gasteiger partial charge is 0.226 e. The molecule has 2 aliphatic rings. The molecule has 122 valence electrons. The van der Waals surface area contributed by atoms with Crippen LogP contribution in [0, 0.1) is 23.7 Å². The van der Waals surface area contributed by atoms with Crippen molar-refractivity contribution in [2.45, 2.75) is 72.4 Å². The average molecular weight is 295 g/mol. The Morgan fingerprint density at radius 1 is 1.14 bits per heavy atom. The van der Waals surface area contributed by atoms with E-state index in [0.29, 0.717) is 35.7 Å². The van der Waals surface area contributed by atoms with Crippen LogP contribution in [0.4, 0.5) is 0 Å². The van der Waals surface area contributed by atoms with Crippen molar-refractivity contribution in [1.29, 1.82) is 0 Å². The van der Waals surface area contributed by atoms with Crippen LogP contribution in [0.25, 0.3) is 0 Å². The molecule has 1 amide bonds. The predicted molar refractivity (Wildman–Crippen MR) is 86.0 cm³/mol. The topological polar surface area (TPSA) is 29.5 Å². The van der Waals surface area contributed by atoms with E-state index in [1.807, 2.05) is 0 Å². The summed E-state index contributed by atoms with van der Waals surface area (Å²) in [6.07, 6.45) is 4.56. The summed E-state index contributed by atoms with van der Waals surface area (Å²) >= 11 is 0. The number of hydrogen-bond donors (Lipinski definition) is 0. The lowest BCUT2D eigenvalue weighted by atomic mass is 9.79. The minimum absolute atomic E-state index is 0.132. The van der Waals surface area contributed by atoms with Crippen LogP contribution >= 0.6 is 0 Å². The van der Waals surface area contributed by atoms with Gasteiger partial charge in [-0.1, -0.05) is 27.7 Å². The SMILES string of the molecule is CC(C)C(C(=O)N1C(C)CC[C@H]1C(C)C)C1CCCOC1. The molecule has 3 heteroatoms. The summed E-state index contributed by atoms with van der Waals surface area (Å²) in [6, 6.07) is 0.828. The molecule has 0 radical (unpaired) electrons. The highest BCUT2D eigenvalue weighted by atomic mass is 16.5. The molecule has 3 unspecified atom stereocenters. The van der Waals surface area contributed by atoms with Crippen molar-refractivity contribution in [3.05, 3.63) is 0 Å². The predicted octanol–water partition coefficient (Wildman–Crippen LogP) is 3.72. The molecule has 2 aliphatic heterocycles. The molecule has 2 rings (SSSR count). The molecule has 0 spiro atoms. The maximum Gasteiger partial charge on any atom is 0.226 e. The van der Waals surface area contributed by atoms with Gasteiger partial charge in [-0.3, -0.25) is 4.79 Å². The molecule has 0 bridgehead atoms. The van der Waals surface area contributed by atoms with Gasteiger partial charge < -0.3 is 9.64 Å². The van der Waals surface area contributed by atoms with Crippen molar-refractivity contribution in [3.63, 3.8) is 0 Å². The van der Waals surface area contributed by atoms with Crippen LogP contribution in [0.5, 0.6) is 0 Å². The molecule has 0 aliphatic carbocycles. The summed E-state index contributed by atoms with van der Waals surface area (Å²) in [7, 11) is 0. The van der Waals surface area contributed by atoms with Gasteiger partial charge in [-0.05, 0) is 50.4 Å². The van der Waals surface area contributed by atoms with E-state index in [-0.39, 0.29) is 5.92 Å². The number of rotatable bonds is 4. The number of carbonyl (C=O) groups excluding carboxylic acids is 1. The van der Waals surface area contributed by atoms with E-state index in [1.54, 1.807) is 0 Å². The monoisotopic (exact) mass is 295 g/mol. The highest BCUT2D eigenvalue weighted by molar-refractivity contribution is 5.80. The van der Waals surface area contributed by atoms with E-state index in [2.05, 4.69) is 39.5 Å². The zero-order chi connectivity index (χ0) is 15.6. The first-order chi connectivity index (χ1) is 9.93. The molecule has 0 aromatic rings. The Kier molecular flexibility index (Phi) is 5.70. The fraction of sp³-hybridized carbons (Fsp3) is 0.944. The third kappa shape index (κ3) is 3.61. The number of likely N-dealkylation sites (tertiary alicyclic amines) is 1. The summed E-state index contributed by atoms with van der Waals surface area (Å²) in [4.78, 5) is 15.5. The minimum Gasteiger partial charge on any atom is -0.381 e. The molecule has 2 saturated heterocycles. The Labute approximate surface area is 130 Å². The maximum absolute atomic E-state index is 13.3. The number of carbonyl (C=O) groups is 1. The van der Waals surface area contributed by atoms with E-state index < -0.39 is 0 Å². The molecule has 0 saturated carbocycles. The fourth-order valence-corrected chi connectivity index (χ4v) is 4.30. The summed E-state index contributed by atoms with van der Waals surface area (Å²) in [5.41, 5.74) is 0. The Hall–Kier alpha value is -0.570. The van der Waals surface area contributed by atoms with Crippen LogP contribution < -0.4 is 0 Å². The second kappa shape index (κ2) is 7.13. The second-order valence-corrected chi connectivity index (χ2v) is 7.73. The van der Waals surface area contributed by atoms with Crippen molar-refractivity contribution >= 4 is 5.91 Å². The third-order valence-electron chi connectivity index (χ3n) is 5.44. The van der Waals surface area contributed by atoms with Crippen molar-refractivity contribution < 1.29 is 9.53 Å². The van der Waals surface area contributed by atoms with Gasteiger partial charge in [0.05, 0.1) is 6.61 Å². The van der Waals surface area contributed by atoms with Crippen LogP contribution in [0.2, 0.25) is 0 Å². The van der Waals surface area contributed by atoms with Gasteiger partial charge in [0, 0.05) is 24.6 Å². The van der Waals surface area contributed by atoms with Crippen molar-refractivity contribution in [1.82, 2.24) is 4.90 Å². The van der Waals surface area contributed by atoms with Crippen molar-refractivity contribution in [3.8, 4) is 0 Å². The van der Waals surface area contributed by atoms with E-state index >= 15 is 0 Å². The molecule has 0 aromatic heterocycles. The molecule has 21 heavy (non-hydrogen) atoms. The van der Waals surface area contributed by atoms with Gasteiger partial charge in [-0.25, -0.2) is 0 Å². The molecular weight excluding hydrogens is 262 g/mol. The van der Waals surface area contributed by atoms with Crippen LogP contribution in [0.3, 0.4) is 0 Å². The highest BCUT2D eigenvalue weighted by Crippen LogP contribution is 2.36. The molecular formula is C18H33NO2. The van der Waals surface area contributed by atoms with Crippen LogP contribution in [0.15, 0.2) is 0 Å². The minimum atomic E-state index is 0.132. The quantitative estimate of drug-likeness (QED) is 0.791. The van der Waals surface area contributed by atoms with Gasteiger partial charge in [-0.2, -0.15) is 0 Å². The lowest BCUT2D eigenvalue weighted by molar-refractivity contribution is -0.145. The molecule has 3 nitrogen and oxygen atoms in total. The molecule has 0 N–H and O–H groups in total. The number of amides is 1. The largest absolute Gasteiger partial charge is 0.381 e. The summed E-state index contributed by atoms with van der Waals surface area (Å²) < 4.78 is 5.66. The molecule has 0 aromatic carbocycles. The van der Waals surface area contributed by atoms with E-state index in [9.17, 15) is 4.79 Å². The normalized spacial score (nSPS) is 32.0. The van der Waals surface area contributed by atoms with Gasteiger partial charge >= 0.3 is 0 Å². The average Bonchev–Trinajstić information content (AvgIpc) is 2.81. The van der Waals surface area contributed by atoms with Gasteiger partial charge in [-0.15, -0.1) is 0 Å². The second-order valence-electron chi connectivity index (χ2n) is 7.73. The van der Waals surface area contributed by atoms with E-state index in [0.717, 1.165) is 38.9 Å². The lowest BCUT2D eigenvalue weighted by Crippen LogP contribution is -2.49. The van der Waals surface area contributed by atoms with Crippen LogP contribution in [0.1, 0.15) is 60.3 Å². The number of hydrogen-bond acceptors (Lipinski definition) is 2. The first-order valence-electron chi connectivity index (χ1n) is 8.83. The van der Waals surface area contributed by atoms with Gasteiger partial charge in [0.2, 0.25) is 5.91 Å². The molecule has 2 heterocycles. The maximum atomic E-state index is 13.3.